The van der Waals surface area contributed by atoms with Gasteiger partial charge in [-0.25, -0.2) is 4.79 Å². The maximum atomic E-state index is 12.8. The number of allylic oxidation sites excluding steroid dienone is 12. The predicted molar refractivity (Wildman–Crippen MR) is 286 cm³/mol. The van der Waals surface area contributed by atoms with E-state index in [2.05, 4.69) is 86.8 Å². The third kappa shape index (κ3) is 50.6. The quantitative estimate of drug-likeness (QED) is 0.0211. The number of hydrogen-bond acceptors (Lipinski definition) is 7. The van der Waals surface area contributed by atoms with E-state index in [-0.39, 0.29) is 32.2 Å². The molecule has 1 N–H and O–H groups in total. The Kier molecular flexibility index (Phi) is 47.7. The van der Waals surface area contributed by atoms with Gasteiger partial charge in [0.15, 0.2) is 6.10 Å². The molecule has 9 nitrogen and oxygen atoms in total. The van der Waals surface area contributed by atoms with E-state index in [0.29, 0.717) is 23.9 Å². The number of hydrogen-bond donors (Lipinski definition) is 1. The minimum Gasteiger partial charge on any atom is -0.477 e. The van der Waals surface area contributed by atoms with Crippen LogP contribution in [-0.4, -0.2) is 87.4 Å². The molecule has 2 unspecified atom stereocenters. The van der Waals surface area contributed by atoms with Crippen LogP contribution in [0.2, 0.25) is 0 Å². The van der Waals surface area contributed by atoms with Crippen LogP contribution in [0.5, 0.6) is 0 Å². The summed E-state index contributed by atoms with van der Waals surface area (Å²) in [5.74, 6) is -2.02. The molecule has 0 aliphatic carbocycles. The number of aliphatic carboxylic acids is 1. The molecular weight excluding hydrogens is 851 g/mol. The summed E-state index contributed by atoms with van der Waals surface area (Å²) < 4.78 is 22.8. The Morgan fingerprint density at radius 3 is 1.26 bits per heavy atom. The molecule has 9 heteroatoms. The summed E-state index contributed by atoms with van der Waals surface area (Å²) >= 11 is 0. The molecular formula is C59H104NO8+. The molecule has 0 heterocycles. The maximum Gasteiger partial charge on any atom is 0.361 e. The molecule has 0 aromatic heterocycles. The van der Waals surface area contributed by atoms with Crippen LogP contribution in [0, 0.1) is 0 Å². The molecule has 0 radical (unpaired) electrons. The van der Waals surface area contributed by atoms with Gasteiger partial charge in [-0.05, 0) is 83.5 Å². The molecule has 68 heavy (non-hydrogen) atoms. The molecule has 0 rings (SSSR count). The number of carbonyl (C=O) groups is 3. The van der Waals surface area contributed by atoms with E-state index >= 15 is 0 Å². The first-order chi connectivity index (χ1) is 33.1. The maximum absolute atomic E-state index is 12.8. The molecule has 392 valence electrons. The fourth-order valence-corrected chi connectivity index (χ4v) is 7.45. The Labute approximate surface area is 417 Å². The van der Waals surface area contributed by atoms with Crippen LogP contribution in [0.4, 0.5) is 0 Å². The first kappa shape index (κ1) is 64.7. The summed E-state index contributed by atoms with van der Waals surface area (Å²) in [6, 6.07) is 0. The van der Waals surface area contributed by atoms with Crippen LogP contribution in [0.3, 0.4) is 0 Å². The number of esters is 2. The molecule has 0 aromatic carbocycles. The van der Waals surface area contributed by atoms with Gasteiger partial charge in [0.1, 0.15) is 13.2 Å². The van der Waals surface area contributed by atoms with Gasteiger partial charge in [0.25, 0.3) is 6.29 Å². The highest BCUT2D eigenvalue weighted by Crippen LogP contribution is 2.15. The van der Waals surface area contributed by atoms with Crippen LogP contribution < -0.4 is 0 Å². The Hall–Kier alpha value is -3.27. The average molecular weight is 955 g/mol. The molecule has 0 aliphatic heterocycles. The zero-order valence-corrected chi connectivity index (χ0v) is 44.5. The highest BCUT2D eigenvalue weighted by Gasteiger charge is 2.25. The lowest BCUT2D eigenvalue weighted by Gasteiger charge is -2.25. The Morgan fingerprint density at radius 2 is 0.838 bits per heavy atom. The van der Waals surface area contributed by atoms with Crippen LogP contribution in [0.25, 0.3) is 0 Å². The number of quaternary nitrogens is 1. The Morgan fingerprint density at radius 1 is 0.456 bits per heavy atom. The number of carboxylic acid groups (broad SMARTS) is 1. The van der Waals surface area contributed by atoms with Crippen molar-refractivity contribution in [2.24, 2.45) is 0 Å². The number of nitrogens with zero attached hydrogens (tertiary/aromatic N) is 1. The van der Waals surface area contributed by atoms with Gasteiger partial charge in [-0.3, -0.25) is 9.59 Å². The van der Waals surface area contributed by atoms with E-state index in [9.17, 15) is 19.5 Å². The van der Waals surface area contributed by atoms with Crippen LogP contribution >= 0.6 is 0 Å². The van der Waals surface area contributed by atoms with Crippen molar-refractivity contribution in [1.29, 1.82) is 0 Å². The molecule has 0 fully saturated rings. The summed E-state index contributed by atoms with van der Waals surface area (Å²) in [6.07, 6.45) is 61.2. The summed E-state index contributed by atoms with van der Waals surface area (Å²) in [5, 5.41) is 9.68. The summed E-state index contributed by atoms with van der Waals surface area (Å²) in [5.41, 5.74) is 0. The van der Waals surface area contributed by atoms with Crippen molar-refractivity contribution < 1.29 is 42.9 Å². The smallest absolute Gasteiger partial charge is 0.361 e. The zero-order chi connectivity index (χ0) is 49.9. The van der Waals surface area contributed by atoms with E-state index in [4.69, 9.17) is 18.9 Å². The fraction of sp³-hybridized carbons (Fsp3) is 0.746. The van der Waals surface area contributed by atoms with Crippen LogP contribution in [0.1, 0.15) is 226 Å². The van der Waals surface area contributed by atoms with E-state index in [1.54, 1.807) is 0 Å². The van der Waals surface area contributed by atoms with Crippen LogP contribution in [0.15, 0.2) is 72.9 Å². The second-order valence-corrected chi connectivity index (χ2v) is 19.5. The normalized spacial score (nSPS) is 13.4. The lowest BCUT2D eigenvalue weighted by molar-refractivity contribution is -0.870. The van der Waals surface area contributed by atoms with E-state index in [1.807, 2.05) is 21.1 Å². The number of carbonyl (C=O) groups excluding carboxylic acids is 2. The van der Waals surface area contributed by atoms with E-state index in [0.717, 1.165) is 83.5 Å². The first-order valence-electron chi connectivity index (χ1n) is 27.6. The monoisotopic (exact) mass is 955 g/mol. The molecule has 0 spiro atoms. The third-order valence-electron chi connectivity index (χ3n) is 11.7. The molecule has 0 saturated heterocycles. The van der Waals surface area contributed by atoms with Crippen molar-refractivity contribution in [3.05, 3.63) is 72.9 Å². The van der Waals surface area contributed by atoms with E-state index in [1.165, 1.54) is 109 Å². The standard InChI is InChI=1S/C59H103NO8/c1-6-8-10-12-14-16-18-20-22-23-24-25-26-27-28-29-30-31-32-33-34-35-36-38-40-42-44-46-48-50-57(62)68-55(54-67-59(58(63)64)65-52-51-60(3,4)5)53-66-56(61)49-47-45-43-41-39-37-21-19-17-15-13-11-9-7-2/h8,10,14,16,19-22,24-25,27-28,55,59H,6-7,9,11-13,15,17-18,23,26,29-54H2,1-5H3/p+1/b10-8-,16-14-,21-19-,22-20-,25-24-,28-27-. The zero-order valence-electron chi connectivity index (χ0n) is 44.5. The molecule has 0 amide bonds. The minimum absolute atomic E-state index is 0.184. The van der Waals surface area contributed by atoms with Crippen molar-refractivity contribution in [2.45, 2.75) is 238 Å². The Balaban J connectivity index is 4.22. The van der Waals surface area contributed by atoms with Gasteiger partial charge in [-0.1, -0.05) is 202 Å². The van der Waals surface area contributed by atoms with Gasteiger partial charge >= 0.3 is 17.9 Å². The topological polar surface area (TPSA) is 108 Å². The number of likely N-dealkylation sites (N-methyl/N-ethyl adjacent to an activating group) is 1. The van der Waals surface area contributed by atoms with Crippen molar-refractivity contribution in [3.63, 3.8) is 0 Å². The summed E-state index contributed by atoms with van der Waals surface area (Å²) in [7, 11) is 5.96. The lowest BCUT2D eigenvalue weighted by atomic mass is 10.0. The number of rotatable bonds is 50. The second kappa shape index (κ2) is 50.1. The van der Waals surface area contributed by atoms with Gasteiger partial charge in [-0.2, -0.15) is 0 Å². The second-order valence-electron chi connectivity index (χ2n) is 19.5. The predicted octanol–water partition coefficient (Wildman–Crippen LogP) is 15.8. The molecule has 0 aromatic rings. The molecule has 2 atom stereocenters. The van der Waals surface area contributed by atoms with Crippen molar-refractivity contribution in [3.8, 4) is 0 Å². The number of unbranched alkanes of at least 4 members (excludes halogenated alkanes) is 23. The van der Waals surface area contributed by atoms with Gasteiger partial charge in [-0.15, -0.1) is 0 Å². The van der Waals surface area contributed by atoms with Crippen LogP contribution in [-0.2, 0) is 33.3 Å². The van der Waals surface area contributed by atoms with Crippen molar-refractivity contribution in [1.82, 2.24) is 0 Å². The number of ether oxygens (including phenoxy) is 4. The molecule has 0 saturated carbocycles. The largest absolute Gasteiger partial charge is 0.477 e. The Bertz CT molecular complexity index is 1340. The molecule has 0 bridgehead atoms. The van der Waals surface area contributed by atoms with Crippen molar-refractivity contribution >= 4 is 17.9 Å². The molecule has 0 aliphatic rings. The van der Waals surface area contributed by atoms with E-state index < -0.39 is 24.3 Å². The number of carboxylic acids is 1. The lowest BCUT2D eigenvalue weighted by Crippen LogP contribution is -2.40. The minimum atomic E-state index is -1.51. The van der Waals surface area contributed by atoms with Gasteiger partial charge < -0.3 is 28.5 Å². The summed E-state index contributed by atoms with van der Waals surface area (Å²) in [6.45, 7) is 4.74. The highest BCUT2D eigenvalue weighted by atomic mass is 16.7. The van der Waals surface area contributed by atoms with Gasteiger partial charge in [0.2, 0.25) is 0 Å². The first-order valence-corrected chi connectivity index (χ1v) is 27.6. The van der Waals surface area contributed by atoms with Gasteiger partial charge in [0.05, 0.1) is 34.4 Å². The fourth-order valence-electron chi connectivity index (χ4n) is 7.45. The summed E-state index contributed by atoms with van der Waals surface area (Å²) in [4.78, 5) is 37.3. The highest BCUT2D eigenvalue weighted by molar-refractivity contribution is 5.71. The SMILES string of the molecule is CC/C=C\C/C=C\C/C=C\C/C=C\C/C=C\CCCCCCCCCCCCCCCC(=O)OC(COC(=O)CCCCCCC/C=C\CCCCCCC)COC(OCC[N+](C)(C)C)C(=O)O. The third-order valence-corrected chi connectivity index (χ3v) is 11.7. The van der Waals surface area contributed by atoms with Crippen molar-refractivity contribution in [2.75, 3.05) is 47.5 Å². The average Bonchev–Trinajstić information content (AvgIpc) is 3.30. The van der Waals surface area contributed by atoms with Gasteiger partial charge in [0, 0.05) is 12.8 Å².